The van der Waals surface area contributed by atoms with E-state index in [2.05, 4.69) is 10.4 Å². The summed E-state index contributed by atoms with van der Waals surface area (Å²) in [7, 11) is 3.50. The highest BCUT2D eigenvalue weighted by molar-refractivity contribution is 5.95. The molecule has 1 aliphatic heterocycles. The topological polar surface area (TPSA) is 59.4 Å². The van der Waals surface area contributed by atoms with Gasteiger partial charge in [-0.3, -0.25) is 4.79 Å². The van der Waals surface area contributed by atoms with Gasteiger partial charge in [0.15, 0.2) is 11.4 Å². The molecule has 0 bridgehead atoms. The van der Waals surface area contributed by atoms with Crippen LogP contribution in [0.5, 0.6) is 5.75 Å². The molecule has 0 radical (unpaired) electrons. The third-order valence-corrected chi connectivity index (χ3v) is 4.24. The minimum Gasteiger partial charge on any atom is -0.493 e. The summed E-state index contributed by atoms with van der Waals surface area (Å²) in [5, 5.41) is 7.71. The number of halogens is 1. The average molecular weight is 351 g/mol. The van der Waals surface area contributed by atoms with Crippen LogP contribution in [0.25, 0.3) is 5.69 Å². The van der Waals surface area contributed by atoms with Crippen LogP contribution in [0.1, 0.15) is 23.3 Å². The van der Waals surface area contributed by atoms with Crippen molar-refractivity contribution in [2.45, 2.75) is 18.9 Å². The number of likely N-dealkylation sites (tertiary alicyclic amines) is 1. The molecule has 1 aromatic heterocycles. The van der Waals surface area contributed by atoms with E-state index in [-0.39, 0.29) is 18.3 Å². The van der Waals surface area contributed by atoms with Crippen molar-refractivity contribution in [1.29, 1.82) is 0 Å². The molecule has 1 atom stereocenters. The molecular weight excluding hydrogens is 328 g/mol. The Morgan fingerprint density at radius 1 is 1.33 bits per heavy atom. The number of ether oxygens (including phenoxy) is 1. The van der Waals surface area contributed by atoms with Crippen LogP contribution in [-0.4, -0.2) is 53.9 Å². The number of amides is 1. The maximum atomic E-state index is 12.8. The van der Waals surface area contributed by atoms with Gasteiger partial charge >= 0.3 is 0 Å². The third kappa shape index (κ3) is 3.71. The molecule has 1 unspecified atom stereocenters. The molecule has 3 rings (SSSR count). The fourth-order valence-corrected chi connectivity index (χ4v) is 2.92. The first-order valence-electron chi connectivity index (χ1n) is 7.88. The molecule has 1 N–H and O–H groups in total. The number of methoxy groups -OCH3 is 1. The average Bonchev–Trinajstić information content (AvgIpc) is 3.06. The van der Waals surface area contributed by atoms with Crippen molar-refractivity contribution in [3.05, 3.63) is 42.2 Å². The Labute approximate surface area is 148 Å². The summed E-state index contributed by atoms with van der Waals surface area (Å²) in [5.41, 5.74) is 1.27. The van der Waals surface area contributed by atoms with Gasteiger partial charge in [-0.1, -0.05) is 18.2 Å². The van der Waals surface area contributed by atoms with Gasteiger partial charge in [0, 0.05) is 19.1 Å². The normalized spacial score (nSPS) is 17.2. The Bertz CT molecular complexity index is 674. The zero-order valence-electron chi connectivity index (χ0n) is 13.9. The number of piperidine rings is 1. The number of carbonyl (C=O) groups excluding carboxylic acids is 1. The maximum absolute atomic E-state index is 12.8. The van der Waals surface area contributed by atoms with Crippen LogP contribution in [0, 0.1) is 0 Å². The lowest BCUT2D eigenvalue weighted by Gasteiger charge is -2.32. The van der Waals surface area contributed by atoms with Crippen LogP contribution in [0.15, 0.2) is 36.5 Å². The minimum absolute atomic E-state index is 0. The molecular formula is C17H23ClN4O2. The van der Waals surface area contributed by atoms with Gasteiger partial charge in [0.05, 0.1) is 19.0 Å². The lowest BCUT2D eigenvalue weighted by Crippen LogP contribution is -2.47. The molecule has 0 aliphatic carbocycles. The van der Waals surface area contributed by atoms with Gasteiger partial charge in [-0.15, -0.1) is 12.4 Å². The van der Waals surface area contributed by atoms with Crippen molar-refractivity contribution in [3.8, 4) is 11.4 Å². The lowest BCUT2D eigenvalue weighted by molar-refractivity contribution is 0.0688. The molecule has 1 saturated heterocycles. The first kappa shape index (κ1) is 18.3. The zero-order valence-corrected chi connectivity index (χ0v) is 14.8. The van der Waals surface area contributed by atoms with Gasteiger partial charge in [-0.25, -0.2) is 4.68 Å². The minimum atomic E-state index is -0.0727. The quantitative estimate of drug-likeness (QED) is 0.917. The molecule has 0 saturated carbocycles. The van der Waals surface area contributed by atoms with Crippen LogP contribution >= 0.6 is 12.4 Å². The molecule has 6 nitrogen and oxygen atoms in total. The van der Waals surface area contributed by atoms with E-state index in [1.807, 2.05) is 42.3 Å². The van der Waals surface area contributed by atoms with E-state index in [1.165, 1.54) is 0 Å². The highest BCUT2D eigenvalue weighted by atomic mass is 35.5. The van der Waals surface area contributed by atoms with Crippen LogP contribution in [-0.2, 0) is 0 Å². The summed E-state index contributed by atoms with van der Waals surface area (Å²) in [6.07, 6.45) is 3.84. The molecule has 0 spiro atoms. The van der Waals surface area contributed by atoms with Crippen molar-refractivity contribution < 1.29 is 9.53 Å². The van der Waals surface area contributed by atoms with E-state index in [9.17, 15) is 4.79 Å². The first-order chi connectivity index (χ1) is 11.2. The summed E-state index contributed by atoms with van der Waals surface area (Å²) in [4.78, 5) is 14.7. The van der Waals surface area contributed by atoms with Crippen LogP contribution in [0.4, 0.5) is 0 Å². The predicted molar refractivity (Wildman–Crippen MR) is 95.3 cm³/mol. The molecule has 2 aromatic rings. The second kappa shape index (κ2) is 8.17. The first-order valence-corrected chi connectivity index (χ1v) is 7.88. The van der Waals surface area contributed by atoms with E-state index in [1.54, 1.807) is 18.0 Å². The predicted octanol–water partition coefficient (Wildman–Crippen LogP) is 2.13. The summed E-state index contributed by atoms with van der Waals surface area (Å²) in [5.74, 6) is 0.432. The number of carbonyl (C=O) groups is 1. The van der Waals surface area contributed by atoms with Crippen LogP contribution in [0.3, 0.4) is 0 Å². The Morgan fingerprint density at radius 2 is 2.08 bits per heavy atom. The molecule has 1 aliphatic rings. The standard InChI is InChI=1S/C17H22N4O2.ClH/c1-18-13-7-6-10-20(11-13)17(22)16-15(23-2)12-21(19-16)14-8-4-3-5-9-14;/h3-5,8-9,12-13,18H,6-7,10-11H2,1-2H3;1H. The van der Waals surface area contributed by atoms with E-state index >= 15 is 0 Å². The SMILES string of the molecule is CNC1CCCN(C(=O)c2nn(-c3ccccc3)cc2OC)C1.Cl. The van der Waals surface area contributed by atoms with E-state index in [0.29, 0.717) is 24.0 Å². The summed E-state index contributed by atoms with van der Waals surface area (Å²) >= 11 is 0. The molecule has 130 valence electrons. The number of benzene rings is 1. The van der Waals surface area contributed by atoms with Gasteiger partial charge < -0.3 is 15.0 Å². The highest BCUT2D eigenvalue weighted by Crippen LogP contribution is 2.22. The van der Waals surface area contributed by atoms with Crippen LogP contribution in [0.2, 0.25) is 0 Å². The molecule has 1 aromatic carbocycles. The Balaban J connectivity index is 0.00000208. The lowest BCUT2D eigenvalue weighted by atomic mass is 10.1. The second-order valence-corrected chi connectivity index (χ2v) is 5.71. The number of para-hydroxylation sites is 1. The van der Waals surface area contributed by atoms with Crippen molar-refractivity contribution in [3.63, 3.8) is 0 Å². The number of aromatic nitrogens is 2. The fraction of sp³-hybridized carbons (Fsp3) is 0.412. The second-order valence-electron chi connectivity index (χ2n) is 5.71. The summed E-state index contributed by atoms with van der Waals surface area (Å²) < 4.78 is 7.05. The van der Waals surface area contributed by atoms with Crippen molar-refractivity contribution in [1.82, 2.24) is 20.0 Å². The van der Waals surface area contributed by atoms with Gasteiger partial charge in [0.1, 0.15) is 0 Å². The van der Waals surface area contributed by atoms with Crippen molar-refractivity contribution in [2.24, 2.45) is 0 Å². The number of hydrogen-bond donors (Lipinski definition) is 1. The van der Waals surface area contributed by atoms with Crippen molar-refractivity contribution in [2.75, 3.05) is 27.2 Å². The van der Waals surface area contributed by atoms with Gasteiger partial charge in [0.2, 0.25) is 0 Å². The Morgan fingerprint density at radius 3 is 2.75 bits per heavy atom. The fourth-order valence-electron chi connectivity index (χ4n) is 2.92. The maximum Gasteiger partial charge on any atom is 0.278 e. The van der Waals surface area contributed by atoms with E-state index in [4.69, 9.17) is 4.74 Å². The largest absolute Gasteiger partial charge is 0.493 e. The van der Waals surface area contributed by atoms with Gasteiger partial charge in [-0.05, 0) is 32.0 Å². The highest BCUT2D eigenvalue weighted by Gasteiger charge is 2.28. The number of nitrogens with zero attached hydrogens (tertiary/aromatic N) is 3. The Kier molecular flexibility index (Phi) is 6.23. The van der Waals surface area contributed by atoms with E-state index < -0.39 is 0 Å². The molecule has 2 heterocycles. The van der Waals surface area contributed by atoms with Gasteiger partial charge in [-0.2, -0.15) is 5.10 Å². The summed E-state index contributed by atoms with van der Waals surface area (Å²) in [6, 6.07) is 10.1. The number of hydrogen-bond acceptors (Lipinski definition) is 4. The third-order valence-electron chi connectivity index (χ3n) is 4.24. The number of nitrogens with one attached hydrogen (secondary N) is 1. The monoisotopic (exact) mass is 350 g/mol. The number of rotatable bonds is 4. The Hall–Kier alpha value is -2.05. The molecule has 1 amide bonds. The smallest absolute Gasteiger partial charge is 0.278 e. The zero-order chi connectivity index (χ0) is 16.2. The summed E-state index contributed by atoms with van der Waals surface area (Å²) in [6.45, 7) is 1.47. The van der Waals surface area contributed by atoms with Gasteiger partial charge in [0.25, 0.3) is 5.91 Å². The van der Waals surface area contributed by atoms with Crippen molar-refractivity contribution >= 4 is 18.3 Å². The number of likely N-dealkylation sites (N-methyl/N-ethyl adjacent to an activating group) is 1. The van der Waals surface area contributed by atoms with Crippen LogP contribution < -0.4 is 10.1 Å². The molecule has 7 heteroatoms. The molecule has 1 fully saturated rings. The van der Waals surface area contributed by atoms with E-state index in [0.717, 1.165) is 25.1 Å². The molecule has 24 heavy (non-hydrogen) atoms.